The fraction of sp³-hybridized carbons (Fsp3) is 0.286. The molecule has 0 aliphatic heterocycles. The van der Waals surface area contributed by atoms with E-state index in [-0.39, 0.29) is 12.6 Å². The number of hydrogen-bond acceptors (Lipinski definition) is 4. The predicted molar refractivity (Wildman–Crippen MR) is 112 cm³/mol. The molecular weight excluding hydrogens is 372 g/mol. The van der Waals surface area contributed by atoms with Gasteiger partial charge < -0.3 is 10.6 Å². The molecule has 2 N–H and O–H groups in total. The summed E-state index contributed by atoms with van der Waals surface area (Å²) in [6, 6.07) is 11.5. The number of amides is 2. The quantitative estimate of drug-likeness (QED) is 0.648. The molecule has 0 saturated carbocycles. The van der Waals surface area contributed by atoms with E-state index >= 15 is 0 Å². The largest absolute Gasteiger partial charge is 0.345 e. The molecule has 0 radical (unpaired) electrons. The highest BCUT2D eigenvalue weighted by Gasteiger charge is 2.22. The SMILES string of the molecule is Cc1cc(C)n(C(CNC(=O)C(=O)Nc2c(C)cccc2C)c2cccs2)n1. The molecule has 2 aromatic heterocycles. The van der Waals surface area contributed by atoms with Gasteiger partial charge in [0.15, 0.2) is 0 Å². The smallest absolute Gasteiger partial charge is 0.313 e. The number of anilines is 1. The van der Waals surface area contributed by atoms with Crippen molar-refractivity contribution < 1.29 is 9.59 Å². The third-order valence-electron chi connectivity index (χ3n) is 4.59. The van der Waals surface area contributed by atoms with Crippen molar-refractivity contribution in [3.05, 3.63) is 69.2 Å². The summed E-state index contributed by atoms with van der Waals surface area (Å²) < 4.78 is 1.89. The zero-order chi connectivity index (χ0) is 20.3. The number of benzene rings is 1. The first-order valence-corrected chi connectivity index (χ1v) is 9.96. The maximum absolute atomic E-state index is 12.4. The third kappa shape index (κ3) is 4.31. The van der Waals surface area contributed by atoms with Crippen LogP contribution in [0, 0.1) is 27.7 Å². The molecule has 2 heterocycles. The van der Waals surface area contributed by atoms with Crippen molar-refractivity contribution >= 4 is 28.8 Å². The van der Waals surface area contributed by atoms with Crippen molar-refractivity contribution in [3.8, 4) is 0 Å². The topological polar surface area (TPSA) is 76.0 Å². The fourth-order valence-electron chi connectivity index (χ4n) is 3.20. The molecule has 0 aliphatic rings. The number of carbonyl (C=O) groups excluding carboxylic acids is 2. The first-order valence-electron chi connectivity index (χ1n) is 9.08. The van der Waals surface area contributed by atoms with Crippen molar-refractivity contribution in [1.82, 2.24) is 15.1 Å². The monoisotopic (exact) mass is 396 g/mol. The fourth-order valence-corrected chi connectivity index (χ4v) is 4.01. The summed E-state index contributed by atoms with van der Waals surface area (Å²) in [7, 11) is 0. The molecule has 3 rings (SSSR count). The number of hydrogen-bond donors (Lipinski definition) is 2. The highest BCUT2D eigenvalue weighted by atomic mass is 32.1. The molecule has 2 amide bonds. The van der Waals surface area contributed by atoms with Crippen LogP contribution < -0.4 is 10.6 Å². The van der Waals surface area contributed by atoms with E-state index in [4.69, 9.17) is 0 Å². The molecule has 146 valence electrons. The second-order valence-corrected chi connectivity index (χ2v) is 7.81. The summed E-state index contributed by atoms with van der Waals surface area (Å²) in [5.41, 5.74) is 4.43. The van der Waals surface area contributed by atoms with Gasteiger partial charge in [-0.25, -0.2) is 0 Å². The average molecular weight is 397 g/mol. The molecule has 1 atom stereocenters. The summed E-state index contributed by atoms with van der Waals surface area (Å²) in [4.78, 5) is 25.9. The number of rotatable bonds is 5. The summed E-state index contributed by atoms with van der Waals surface area (Å²) in [6.45, 7) is 8.00. The number of carbonyl (C=O) groups is 2. The Kier molecular flexibility index (Phi) is 5.94. The second kappa shape index (κ2) is 8.39. The van der Waals surface area contributed by atoms with E-state index in [1.54, 1.807) is 11.3 Å². The van der Waals surface area contributed by atoms with Crippen LogP contribution in [-0.2, 0) is 9.59 Å². The van der Waals surface area contributed by atoms with E-state index in [0.717, 1.165) is 27.4 Å². The minimum atomic E-state index is -0.671. The van der Waals surface area contributed by atoms with Gasteiger partial charge in [-0.3, -0.25) is 14.3 Å². The van der Waals surface area contributed by atoms with E-state index < -0.39 is 11.8 Å². The lowest BCUT2D eigenvalue weighted by Gasteiger charge is -2.19. The zero-order valence-electron chi connectivity index (χ0n) is 16.4. The van der Waals surface area contributed by atoms with Gasteiger partial charge in [0.25, 0.3) is 0 Å². The van der Waals surface area contributed by atoms with Crippen molar-refractivity contribution in [1.29, 1.82) is 0 Å². The van der Waals surface area contributed by atoms with E-state index in [0.29, 0.717) is 5.69 Å². The van der Waals surface area contributed by atoms with Gasteiger partial charge >= 0.3 is 11.8 Å². The lowest BCUT2D eigenvalue weighted by molar-refractivity contribution is -0.136. The normalized spacial score (nSPS) is 11.9. The second-order valence-electron chi connectivity index (χ2n) is 6.83. The van der Waals surface area contributed by atoms with Crippen LogP contribution in [-0.4, -0.2) is 28.1 Å². The van der Waals surface area contributed by atoms with Gasteiger partial charge in [0.1, 0.15) is 6.04 Å². The zero-order valence-corrected chi connectivity index (χ0v) is 17.3. The van der Waals surface area contributed by atoms with Crippen LogP contribution in [0.5, 0.6) is 0 Å². The lowest BCUT2D eigenvalue weighted by Crippen LogP contribution is -2.39. The summed E-state index contributed by atoms with van der Waals surface area (Å²) in [6.07, 6.45) is 0. The molecule has 0 spiro atoms. The van der Waals surface area contributed by atoms with E-state index in [9.17, 15) is 9.59 Å². The molecule has 0 bridgehead atoms. The van der Waals surface area contributed by atoms with Crippen LogP contribution in [0.4, 0.5) is 5.69 Å². The number of thiophene rings is 1. The molecule has 1 unspecified atom stereocenters. The lowest BCUT2D eigenvalue weighted by atomic mass is 10.1. The minimum absolute atomic E-state index is 0.161. The van der Waals surface area contributed by atoms with Crippen LogP contribution in [0.2, 0.25) is 0 Å². The van der Waals surface area contributed by atoms with Gasteiger partial charge in [0.2, 0.25) is 0 Å². The number of aryl methyl sites for hydroxylation is 4. The van der Waals surface area contributed by atoms with E-state index in [1.807, 2.05) is 74.2 Å². The number of para-hydroxylation sites is 1. The molecule has 0 fully saturated rings. The van der Waals surface area contributed by atoms with Gasteiger partial charge in [-0.05, 0) is 56.3 Å². The summed E-state index contributed by atoms with van der Waals surface area (Å²) in [5, 5.41) is 12.0. The minimum Gasteiger partial charge on any atom is -0.345 e. The molecule has 0 aliphatic carbocycles. The molecule has 6 nitrogen and oxygen atoms in total. The van der Waals surface area contributed by atoms with Crippen LogP contribution in [0.1, 0.15) is 33.4 Å². The maximum Gasteiger partial charge on any atom is 0.313 e. The Morgan fingerprint density at radius 1 is 1.07 bits per heavy atom. The Hall–Kier alpha value is -2.93. The molecular formula is C21H24N4O2S. The standard InChI is InChI=1S/C21H24N4O2S/c1-13-7-5-8-14(2)19(13)23-21(27)20(26)22-12-17(18-9-6-10-28-18)25-16(4)11-15(3)24-25/h5-11,17H,12H2,1-4H3,(H,22,26)(H,23,27). The van der Waals surface area contributed by atoms with E-state index in [2.05, 4.69) is 15.7 Å². The number of nitrogens with zero attached hydrogens (tertiary/aromatic N) is 2. The van der Waals surface area contributed by atoms with Crippen molar-refractivity contribution in [2.24, 2.45) is 0 Å². The van der Waals surface area contributed by atoms with Gasteiger partial charge in [0.05, 0.1) is 5.69 Å². The number of aromatic nitrogens is 2. The van der Waals surface area contributed by atoms with Crippen molar-refractivity contribution in [3.63, 3.8) is 0 Å². The molecule has 7 heteroatoms. The summed E-state index contributed by atoms with van der Waals surface area (Å²) >= 11 is 1.60. The number of nitrogens with one attached hydrogen (secondary N) is 2. The van der Waals surface area contributed by atoms with Crippen molar-refractivity contribution in [2.75, 3.05) is 11.9 Å². The average Bonchev–Trinajstić information content (AvgIpc) is 3.28. The van der Waals surface area contributed by atoms with Crippen LogP contribution in [0.25, 0.3) is 0 Å². The Morgan fingerprint density at radius 3 is 2.36 bits per heavy atom. The maximum atomic E-state index is 12.4. The highest BCUT2D eigenvalue weighted by Crippen LogP contribution is 2.24. The predicted octanol–water partition coefficient (Wildman–Crippen LogP) is 3.52. The van der Waals surface area contributed by atoms with Gasteiger partial charge in [-0.15, -0.1) is 11.3 Å². The van der Waals surface area contributed by atoms with Crippen molar-refractivity contribution in [2.45, 2.75) is 33.7 Å². The molecule has 1 aromatic carbocycles. The van der Waals surface area contributed by atoms with Crippen LogP contribution in [0.3, 0.4) is 0 Å². The van der Waals surface area contributed by atoms with E-state index in [1.165, 1.54) is 0 Å². The highest BCUT2D eigenvalue weighted by molar-refractivity contribution is 7.10. The molecule has 3 aromatic rings. The molecule has 0 saturated heterocycles. The Labute approximate surface area is 168 Å². The van der Waals surface area contributed by atoms with Crippen LogP contribution >= 0.6 is 11.3 Å². The first-order chi connectivity index (χ1) is 13.4. The van der Waals surface area contributed by atoms with Gasteiger partial charge in [-0.2, -0.15) is 5.10 Å². The summed E-state index contributed by atoms with van der Waals surface area (Å²) in [5.74, 6) is -1.33. The molecule has 28 heavy (non-hydrogen) atoms. The Morgan fingerprint density at radius 2 is 1.79 bits per heavy atom. The first kappa shape index (κ1) is 19.8. The Balaban J connectivity index is 1.72. The van der Waals surface area contributed by atoms with Gasteiger partial charge in [-0.1, -0.05) is 24.3 Å². The van der Waals surface area contributed by atoms with Crippen LogP contribution in [0.15, 0.2) is 41.8 Å². The Bertz CT molecular complexity index is 972. The van der Waals surface area contributed by atoms with Gasteiger partial charge in [0, 0.05) is 22.8 Å². The third-order valence-corrected chi connectivity index (χ3v) is 5.57.